The largest absolute Gasteiger partial charge is 0.494 e. The average molecular weight is 495 g/mol. The molecule has 7 heteroatoms. The number of Topliss-reactive ketones (excluding diaryl/α,β-unsaturated/α-hetero) is 1. The summed E-state index contributed by atoms with van der Waals surface area (Å²) in [7, 11) is 0. The molecule has 2 rings (SSSR count). The van der Waals surface area contributed by atoms with Crippen molar-refractivity contribution in [1.82, 2.24) is 0 Å². The summed E-state index contributed by atoms with van der Waals surface area (Å²) >= 11 is 2.16. The molecular formula is C21H22INO5. The first-order chi connectivity index (χ1) is 13.5. The summed E-state index contributed by atoms with van der Waals surface area (Å²) in [4.78, 5) is 35.7. The van der Waals surface area contributed by atoms with Crippen molar-refractivity contribution in [1.29, 1.82) is 0 Å². The van der Waals surface area contributed by atoms with Gasteiger partial charge in [0.1, 0.15) is 5.75 Å². The van der Waals surface area contributed by atoms with Crippen molar-refractivity contribution in [2.45, 2.75) is 26.2 Å². The third kappa shape index (κ3) is 7.67. The zero-order valence-corrected chi connectivity index (χ0v) is 17.7. The fraction of sp³-hybridized carbons (Fsp3) is 0.286. The Morgan fingerprint density at radius 1 is 0.964 bits per heavy atom. The van der Waals surface area contributed by atoms with Crippen LogP contribution in [0.3, 0.4) is 0 Å². The van der Waals surface area contributed by atoms with E-state index in [4.69, 9.17) is 9.47 Å². The molecule has 0 bridgehead atoms. The van der Waals surface area contributed by atoms with E-state index in [1.807, 2.05) is 19.1 Å². The molecule has 0 aliphatic heterocycles. The molecule has 0 fully saturated rings. The van der Waals surface area contributed by atoms with Gasteiger partial charge in [0.25, 0.3) is 5.91 Å². The van der Waals surface area contributed by atoms with Gasteiger partial charge in [-0.15, -0.1) is 0 Å². The first kappa shape index (κ1) is 21.9. The van der Waals surface area contributed by atoms with Gasteiger partial charge >= 0.3 is 5.97 Å². The van der Waals surface area contributed by atoms with Gasteiger partial charge in [0.05, 0.1) is 13.0 Å². The zero-order valence-electron chi connectivity index (χ0n) is 15.6. The molecule has 0 aliphatic rings. The lowest BCUT2D eigenvalue weighted by atomic mass is 10.1. The normalized spacial score (nSPS) is 10.2. The van der Waals surface area contributed by atoms with Crippen molar-refractivity contribution in [2.75, 3.05) is 18.5 Å². The molecular weight excluding hydrogens is 473 g/mol. The van der Waals surface area contributed by atoms with Crippen LogP contribution >= 0.6 is 22.6 Å². The summed E-state index contributed by atoms with van der Waals surface area (Å²) in [6.45, 7) is 2.25. The van der Waals surface area contributed by atoms with Crippen LogP contribution in [0.4, 0.5) is 5.69 Å². The Morgan fingerprint density at radius 3 is 2.29 bits per heavy atom. The maximum atomic E-state index is 12.2. The Labute approximate surface area is 177 Å². The number of halogens is 1. The van der Waals surface area contributed by atoms with E-state index in [0.29, 0.717) is 23.6 Å². The van der Waals surface area contributed by atoms with Crippen molar-refractivity contribution in [2.24, 2.45) is 0 Å². The van der Waals surface area contributed by atoms with E-state index in [1.165, 1.54) is 0 Å². The second-order valence-corrected chi connectivity index (χ2v) is 7.26. The molecule has 0 heterocycles. The van der Waals surface area contributed by atoms with Crippen LogP contribution in [0.25, 0.3) is 0 Å². The van der Waals surface area contributed by atoms with Crippen LogP contribution in [-0.4, -0.2) is 30.9 Å². The van der Waals surface area contributed by atoms with Crippen molar-refractivity contribution >= 4 is 45.9 Å². The third-order valence-corrected chi connectivity index (χ3v) is 4.42. The van der Waals surface area contributed by atoms with Gasteiger partial charge < -0.3 is 14.8 Å². The number of anilines is 1. The first-order valence-corrected chi connectivity index (χ1v) is 10.0. The second-order valence-electron chi connectivity index (χ2n) is 6.01. The lowest BCUT2D eigenvalue weighted by Gasteiger charge is -2.07. The van der Waals surface area contributed by atoms with Gasteiger partial charge in [-0.1, -0.05) is 6.92 Å². The standard InChI is InChI=1S/C21H22INO5/c1-2-13-27-18-9-3-15(4-10-18)19(24)11-12-21(26)28-14-20(25)23-17-7-5-16(22)6-8-17/h3-10H,2,11-14H2,1H3,(H,23,25). The number of ether oxygens (including phenoxy) is 2. The highest BCUT2D eigenvalue weighted by molar-refractivity contribution is 14.1. The fourth-order valence-electron chi connectivity index (χ4n) is 2.27. The SMILES string of the molecule is CCCOc1ccc(C(=O)CCC(=O)OCC(=O)Nc2ccc(I)cc2)cc1. The summed E-state index contributed by atoms with van der Waals surface area (Å²) in [6.07, 6.45) is 0.849. The highest BCUT2D eigenvalue weighted by Crippen LogP contribution is 2.15. The lowest BCUT2D eigenvalue weighted by Crippen LogP contribution is -2.21. The summed E-state index contributed by atoms with van der Waals surface area (Å²) in [5.74, 6) is -0.475. The Balaban J connectivity index is 1.70. The van der Waals surface area contributed by atoms with Gasteiger partial charge in [0.15, 0.2) is 12.4 Å². The van der Waals surface area contributed by atoms with Gasteiger partial charge in [-0.25, -0.2) is 0 Å². The minimum Gasteiger partial charge on any atom is -0.494 e. The third-order valence-electron chi connectivity index (χ3n) is 3.70. The molecule has 1 amide bonds. The molecule has 28 heavy (non-hydrogen) atoms. The molecule has 2 aromatic carbocycles. The van der Waals surface area contributed by atoms with E-state index in [9.17, 15) is 14.4 Å². The number of rotatable bonds is 10. The Hall–Kier alpha value is -2.42. The smallest absolute Gasteiger partial charge is 0.306 e. The van der Waals surface area contributed by atoms with Crippen LogP contribution in [0.1, 0.15) is 36.5 Å². The number of carbonyl (C=O) groups is 3. The maximum Gasteiger partial charge on any atom is 0.306 e. The summed E-state index contributed by atoms with van der Waals surface area (Å²) in [5.41, 5.74) is 1.14. The molecule has 0 unspecified atom stereocenters. The quantitative estimate of drug-likeness (QED) is 0.303. The van der Waals surface area contributed by atoms with Gasteiger partial charge in [0, 0.05) is 21.2 Å². The number of hydrogen-bond donors (Lipinski definition) is 1. The van der Waals surface area contributed by atoms with E-state index in [0.717, 1.165) is 9.99 Å². The highest BCUT2D eigenvalue weighted by atomic mass is 127. The van der Waals surface area contributed by atoms with Gasteiger partial charge in [-0.3, -0.25) is 14.4 Å². The number of amides is 1. The molecule has 0 spiro atoms. The Bertz CT molecular complexity index is 803. The van der Waals surface area contributed by atoms with E-state index >= 15 is 0 Å². The molecule has 148 valence electrons. The molecule has 0 aromatic heterocycles. The zero-order chi connectivity index (χ0) is 20.4. The molecule has 0 aliphatic carbocycles. The number of hydrogen-bond acceptors (Lipinski definition) is 5. The number of benzene rings is 2. The Morgan fingerprint density at radius 2 is 1.64 bits per heavy atom. The maximum absolute atomic E-state index is 12.2. The molecule has 0 radical (unpaired) electrons. The second kappa shape index (κ2) is 11.4. The summed E-state index contributed by atoms with van der Waals surface area (Å²) in [5, 5.41) is 2.64. The molecule has 2 aromatic rings. The minimum absolute atomic E-state index is 0.0206. The van der Waals surface area contributed by atoms with Gasteiger partial charge in [0.2, 0.25) is 0 Å². The van der Waals surface area contributed by atoms with Crippen molar-refractivity contribution in [3.05, 3.63) is 57.7 Å². The predicted octanol–water partition coefficient (Wildman–Crippen LogP) is 4.22. The average Bonchev–Trinajstić information content (AvgIpc) is 2.71. The van der Waals surface area contributed by atoms with Gasteiger partial charge in [-0.2, -0.15) is 0 Å². The van der Waals surface area contributed by atoms with Crippen molar-refractivity contribution < 1.29 is 23.9 Å². The van der Waals surface area contributed by atoms with Crippen LogP contribution in [0.5, 0.6) is 5.75 Å². The van der Waals surface area contributed by atoms with E-state index in [1.54, 1.807) is 36.4 Å². The predicted molar refractivity (Wildman–Crippen MR) is 115 cm³/mol. The van der Waals surface area contributed by atoms with E-state index in [-0.39, 0.29) is 25.2 Å². The highest BCUT2D eigenvalue weighted by Gasteiger charge is 2.12. The number of carbonyl (C=O) groups excluding carboxylic acids is 3. The van der Waals surface area contributed by atoms with Crippen LogP contribution in [-0.2, 0) is 14.3 Å². The minimum atomic E-state index is -0.589. The van der Waals surface area contributed by atoms with E-state index < -0.39 is 11.9 Å². The van der Waals surface area contributed by atoms with E-state index in [2.05, 4.69) is 27.9 Å². The Kier molecular flexibility index (Phi) is 8.93. The van der Waals surface area contributed by atoms with Crippen molar-refractivity contribution in [3.63, 3.8) is 0 Å². The number of ketones is 1. The number of esters is 1. The van der Waals surface area contributed by atoms with Crippen LogP contribution in [0, 0.1) is 3.57 Å². The number of nitrogens with one attached hydrogen (secondary N) is 1. The fourth-order valence-corrected chi connectivity index (χ4v) is 2.62. The van der Waals surface area contributed by atoms with Gasteiger partial charge in [-0.05, 0) is 77.5 Å². The van der Waals surface area contributed by atoms with Crippen LogP contribution in [0.15, 0.2) is 48.5 Å². The van der Waals surface area contributed by atoms with Crippen LogP contribution in [0.2, 0.25) is 0 Å². The summed E-state index contributed by atoms with van der Waals surface area (Å²) in [6, 6.07) is 14.1. The molecule has 1 N–H and O–H groups in total. The molecule has 0 saturated heterocycles. The van der Waals surface area contributed by atoms with Crippen LogP contribution < -0.4 is 10.1 Å². The van der Waals surface area contributed by atoms with Crippen molar-refractivity contribution in [3.8, 4) is 5.75 Å². The topological polar surface area (TPSA) is 81.7 Å². The monoisotopic (exact) mass is 495 g/mol. The molecule has 0 saturated carbocycles. The molecule has 0 atom stereocenters. The first-order valence-electron chi connectivity index (χ1n) is 8.95. The lowest BCUT2D eigenvalue weighted by molar-refractivity contribution is -0.147. The summed E-state index contributed by atoms with van der Waals surface area (Å²) < 4.78 is 11.4. The molecule has 6 nitrogen and oxygen atoms in total.